The molecule has 0 aromatic heterocycles. The molecule has 102 valence electrons. The first-order valence-electron chi connectivity index (χ1n) is 6.42. The second kappa shape index (κ2) is 8.62. The van der Waals surface area contributed by atoms with Gasteiger partial charge in [0.15, 0.2) is 0 Å². The number of ether oxygens (including phenoxy) is 1. The first kappa shape index (κ1) is 15.6. The van der Waals surface area contributed by atoms with Crippen LogP contribution in [0.1, 0.15) is 25.8 Å². The van der Waals surface area contributed by atoms with Gasteiger partial charge in [-0.2, -0.15) is 0 Å². The molecule has 0 aliphatic rings. The Morgan fingerprint density at radius 3 is 2.78 bits per heavy atom. The number of rotatable bonds is 8. The zero-order chi connectivity index (χ0) is 13.4. The highest BCUT2D eigenvalue weighted by atomic mass is 79.9. The predicted molar refractivity (Wildman–Crippen MR) is 76.4 cm³/mol. The molecule has 0 bridgehead atoms. The first-order chi connectivity index (χ1) is 8.67. The molecule has 0 heterocycles. The molecule has 18 heavy (non-hydrogen) atoms. The van der Waals surface area contributed by atoms with Gasteiger partial charge in [-0.1, -0.05) is 35.8 Å². The van der Waals surface area contributed by atoms with Crippen LogP contribution in [-0.2, 0) is 11.2 Å². The van der Waals surface area contributed by atoms with Gasteiger partial charge in [-0.25, -0.2) is 4.39 Å². The molecule has 4 heteroatoms. The summed E-state index contributed by atoms with van der Waals surface area (Å²) in [5.74, 6) is -0.215. The number of benzene rings is 1. The van der Waals surface area contributed by atoms with E-state index in [9.17, 15) is 4.39 Å². The lowest BCUT2D eigenvalue weighted by Crippen LogP contribution is -2.35. The van der Waals surface area contributed by atoms with E-state index in [-0.39, 0.29) is 11.9 Å². The van der Waals surface area contributed by atoms with E-state index in [1.807, 2.05) is 6.07 Å². The van der Waals surface area contributed by atoms with E-state index >= 15 is 0 Å². The van der Waals surface area contributed by atoms with Crippen LogP contribution in [-0.4, -0.2) is 25.8 Å². The van der Waals surface area contributed by atoms with Gasteiger partial charge in [-0.05, 0) is 37.1 Å². The number of hydrogen-bond acceptors (Lipinski definition) is 2. The van der Waals surface area contributed by atoms with Crippen LogP contribution in [0.15, 0.2) is 22.7 Å². The highest BCUT2D eigenvalue weighted by Crippen LogP contribution is 2.19. The molecule has 1 atom stereocenters. The maximum atomic E-state index is 13.0. The standard InChI is InChI=1S/C14H21BrFNO/c1-3-7-18-10-13(17-4-2)8-11-5-6-12(16)9-14(11)15/h5-6,9,13,17H,3-4,7-8,10H2,1-2H3. The third kappa shape index (κ3) is 5.46. The summed E-state index contributed by atoms with van der Waals surface area (Å²) >= 11 is 3.40. The lowest BCUT2D eigenvalue weighted by atomic mass is 10.1. The monoisotopic (exact) mass is 317 g/mol. The lowest BCUT2D eigenvalue weighted by Gasteiger charge is -2.18. The zero-order valence-corrected chi connectivity index (χ0v) is 12.6. The topological polar surface area (TPSA) is 21.3 Å². The number of likely N-dealkylation sites (N-methyl/N-ethyl adjacent to an activating group) is 1. The van der Waals surface area contributed by atoms with Gasteiger partial charge in [-0.15, -0.1) is 0 Å². The fraction of sp³-hybridized carbons (Fsp3) is 0.571. The minimum atomic E-state index is -0.215. The smallest absolute Gasteiger partial charge is 0.124 e. The molecule has 2 nitrogen and oxygen atoms in total. The van der Waals surface area contributed by atoms with Gasteiger partial charge < -0.3 is 10.1 Å². The Morgan fingerprint density at radius 1 is 1.39 bits per heavy atom. The van der Waals surface area contributed by atoms with Crippen molar-refractivity contribution < 1.29 is 9.13 Å². The van der Waals surface area contributed by atoms with E-state index in [1.54, 1.807) is 0 Å². The van der Waals surface area contributed by atoms with Crippen LogP contribution in [0.2, 0.25) is 0 Å². The molecule has 1 unspecified atom stereocenters. The predicted octanol–water partition coefficient (Wildman–Crippen LogP) is 3.54. The Labute approximate surface area is 117 Å². The van der Waals surface area contributed by atoms with Gasteiger partial charge in [0, 0.05) is 17.1 Å². The summed E-state index contributed by atoms with van der Waals surface area (Å²) in [6.45, 7) is 6.54. The Hall–Kier alpha value is -0.450. The quantitative estimate of drug-likeness (QED) is 0.740. The van der Waals surface area contributed by atoms with Gasteiger partial charge in [0.2, 0.25) is 0 Å². The van der Waals surface area contributed by atoms with Crippen molar-refractivity contribution >= 4 is 15.9 Å². The molecular weight excluding hydrogens is 297 g/mol. The molecule has 0 saturated carbocycles. The van der Waals surface area contributed by atoms with E-state index in [1.165, 1.54) is 12.1 Å². The van der Waals surface area contributed by atoms with E-state index in [0.717, 1.165) is 36.0 Å². The van der Waals surface area contributed by atoms with Crippen LogP contribution in [0, 0.1) is 5.82 Å². The molecule has 0 aliphatic carbocycles. The van der Waals surface area contributed by atoms with Crippen LogP contribution < -0.4 is 5.32 Å². The van der Waals surface area contributed by atoms with Crippen molar-refractivity contribution in [1.82, 2.24) is 5.32 Å². The van der Waals surface area contributed by atoms with Crippen molar-refractivity contribution in [3.63, 3.8) is 0 Å². The van der Waals surface area contributed by atoms with E-state index in [4.69, 9.17) is 4.74 Å². The SMILES string of the molecule is CCCOCC(Cc1ccc(F)cc1Br)NCC. The summed E-state index contributed by atoms with van der Waals surface area (Å²) < 4.78 is 19.4. The fourth-order valence-corrected chi connectivity index (χ4v) is 2.31. The summed E-state index contributed by atoms with van der Waals surface area (Å²) in [7, 11) is 0. The minimum absolute atomic E-state index is 0.215. The number of halogens is 2. The van der Waals surface area contributed by atoms with Crippen LogP contribution in [0.3, 0.4) is 0 Å². The van der Waals surface area contributed by atoms with Gasteiger partial charge in [-0.3, -0.25) is 0 Å². The summed E-state index contributed by atoms with van der Waals surface area (Å²) in [4.78, 5) is 0. The van der Waals surface area contributed by atoms with Crippen LogP contribution in [0.5, 0.6) is 0 Å². The molecule has 0 spiro atoms. The minimum Gasteiger partial charge on any atom is -0.380 e. The number of hydrogen-bond donors (Lipinski definition) is 1. The third-order valence-corrected chi connectivity index (χ3v) is 3.38. The van der Waals surface area contributed by atoms with Crippen LogP contribution in [0.25, 0.3) is 0 Å². The van der Waals surface area contributed by atoms with Gasteiger partial charge in [0.25, 0.3) is 0 Å². The molecule has 0 radical (unpaired) electrons. The van der Waals surface area contributed by atoms with E-state index in [2.05, 4.69) is 35.1 Å². The Balaban J connectivity index is 2.58. The number of nitrogens with one attached hydrogen (secondary N) is 1. The van der Waals surface area contributed by atoms with Crippen molar-refractivity contribution in [3.8, 4) is 0 Å². The molecule has 0 saturated heterocycles. The summed E-state index contributed by atoms with van der Waals surface area (Å²) in [5.41, 5.74) is 1.10. The second-order valence-corrected chi connectivity index (χ2v) is 5.12. The maximum absolute atomic E-state index is 13.0. The normalized spacial score (nSPS) is 12.7. The molecule has 0 aliphatic heterocycles. The molecule has 1 aromatic carbocycles. The van der Waals surface area contributed by atoms with E-state index in [0.29, 0.717) is 6.61 Å². The Morgan fingerprint density at radius 2 is 2.17 bits per heavy atom. The van der Waals surface area contributed by atoms with Crippen molar-refractivity contribution in [1.29, 1.82) is 0 Å². The highest BCUT2D eigenvalue weighted by Gasteiger charge is 2.11. The maximum Gasteiger partial charge on any atom is 0.124 e. The lowest BCUT2D eigenvalue weighted by molar-refractivity contribution is 0.112. The molecule has 0 amide bonds. The highest BCUT2D eigenvalue weighted by molar-refractivity contribution is 9.10. The van der Waals surface area contributed by atoms with Gasteiger partial charge >= 0.3 is 0 Å². The largest absolute Gasteiger partial charge is 0.380 e. The van der Waals surface area contributed by atoms with Crippen molar-refractivity contribution in [2.75, 3.05) is 19.8 Å². The first-order valence-corrected chi connectivity index (χ1v) is 7.21. The van der Waals surface area contributed by atoms with Gasteiger partial charge in [0.05, 0.1) is 6.61 Å². The van der Waals surface area contributed by atoms with Crippen molar-refractivity contribution in [2.24, 2.45) is 0 Å². The fourth-order valence-electron chi connectivity index (χ4n) is 1.80. The summed E-state index contributed by atoms with van der Waals surface area (Å²) in [6.07, 6.45) is 1.86. The van der Waals surface area contributed by atoms with Crippen molar-refractivity contribution in [2.45, 2.75) is 32.7 Å². The average Bonchev–Trinajstić information content (AvgIpc) is 2.33. The average molecular weight is 318 g/mol. The van der Waals surface area contributed by atoms with Gasteiger partial charge in [0.1, 0.15) is 5.82 Å². The third-order valence-electron chi connectivity index (χ3n) is 2.64. The summed E-state index contributed by atoms with van der Waals surface area (Å²) in [6, 6.07) is 5.09. The molecule has 0 fully saturated rings. The molecule has 1 rings (SSSR count). The van der Waals surface area contributed by atoms with Crippen LogP contribution >= 0.6 is 15.9 Å². The zero-order valence-electron chi connectivity index (χ0n) is 11.0. The Kier molecular flexibility index (Phi) is 7.47. The van der Waals surface area contributed by atoms with Crippen LogP contribution in [0.4, 0.5) is 4.39 Å². The summed E-state index contributed by atoms with van der Waals surface area (Å²) in [5, 5.41) is 3.39. The second-order valence-electron chi connectivity index (χ2n) is 4.27. The molecular formula is C14H21BrFNO. The Bertz CT molecular complexity index is 360. The van der Waals surface area contributed by atoms with Crippen molar-refractivity contribution in [3.05, 3.63) is 34.1 Å². The molecule has 1 aromatic rings. The van der Waals surface area contributed by atoms with E-state index < -0.39 is 0 Å². The molecule has 1 N–H and O–H groups in total.